The van der Waals surface area contributed by atoms with E-state index >= 15 is 0 Å². The number of aliphatic hydroxyl groups is 1. The van der Waals surface area contributed by atoms with Crippen LogP contribution in [-0.2, 0) is 4.79 Å². The molecule has 18 heavy (non-hydrogen) atoms. The highest BCUT2D eigenvalue weighted by Crippen LogP contribution is 2.21. The van der Waals surface area contributed by atoms with Crippen LogP contribution in [0.25, 0.3) is 0 Å². The number of pyridine rings is 1. The molecule has 7 nitrogen and oxygen atoms in total. The van der Waals surface area contributed by atoms with E-state index in [-0.39, 0.29) is 24.3 Å². The number of nitrogens with two attached hydrogens (primary N) is 1. The number of aromatic hydroxyl groups is 1. The molecule has 0 spiro atoms. The number of primary amides is 1. The molecule has 1 saturated heterocycles. The van der Waals surface area contributed by atoms with E-state index in [2.05, 4.69) is 4.98 Å². The van der Waals surface area contributed by atoms with E-state index in [1.54, 1.807) is 0 Å². The van der Waals surface area contributed by atoms with Gasteiger partial charge in [-0.1, -0.05) is 0 Å². The number of likely N-dealkylation sites (tertiary alicyclic amines) is 1. The second kappa shape index (κ2) is 4.61. The number of aliphatic hydroxyl groups excluding tert-OH is 1. The highest BCUT2D eigenvalue weighted by Gasteiger charge is 2.38. The highest BCUT2D eigenvalue weighted by molar-refractivity contribution is 5.97. The summed E-state index contributed by atoms with van der Waals surface area (Å²) < 4.78 is 0. The predicted molar refractivity (Wildman–Crippen MR) is 60.5 cm³/mol. The molecule has 4 N–H and O–H groups in total. The van der Waals surface area contributed by atoms with Crippen molar-refractivity contribution in [3.63, 3.8) is 0 Å². The standard InChI is InChI=1S/C11H13N3O4/c12-10(17)9-2-8(16)5-14(9)11(18)6-1-7(15)4-13-3-6/h1,3-4,8-9,15-16H,2,5H2,(H2,12,17). The lowest BCUT2D eigenvalue weighted by Crippen LogP contribution is -2.43. The number of hydrogen-bond acceptors (Lipinski definition) is 5. The molecule has 2 rings (SSSR count). The van der Waals surface area contributed by atoms with Crippen LogP contribution in [0.2, 0.25) is 0 Å². The van der Waals surface area contributed by atoms with Crippen molar-refractivity contribution in [2.75, 3.05) is 6.54 Å². The molecule has 0 bridgehead atoms. The Morgan fingerprint density at radius 3 is 2.78 bits per heavy atom. The maximum absolute atomic E-state index is 12.1. The lowest BCUT2D eigenvalue weighted by molar-refractivity contribution is -0.121. The minimum Gasteiger partial charge on any atom is -0.506 e. The number of carbonyl (C=O) groups is 2. The summed E-state index contributed by atoms with van der Waals surface area (Å²) in [6.45, 7) is 0.0437. The molecule has 2 heterocycles. The zero-order valence-corrected chi connectivity index (χ0v) is 9.48. The summed E-state index contributed by atoms with van der Waals surface area (Å²) in [7, 11) is 0. The Morgan fingerprint density at radius 1 is 1.44 bits per heavy atom. The summed E-state index contributed by atoms with van der Waals surface area (Å²) in [4.78, 5) is 28.2. The molecule has 1 aliphatic heterocycles. The fourth-order valence-electron chi connectivity index (χ4n) is 2.02. The van der Waals surface area contributed by atoms with Gasteiger partial charge in [0.25, 0.3) is 5.91 Å². The third-order valence-corrected chi connectivity index (χ3v) is 2.84. The van der Waals surface area contributed by atoms with Gasteiger partial charge in [-0.25, -0.2) is 0 Å². The first kappa shape index (κ1) is 12.3. The maximum atomic E-state index is 12.1. The van der Waals surface area contributed by atoms with Gasteiger partial charge >= 0.3 is 0 Å². The van der Waals surface area contributed by atoms with Crippen molar-refractivity contribution in [3.05, 3.63) is 24.0 Å². The fourth-order valence-corrected chi connectivity index (χ4v) is 2.02. The Hall–Kier alpha value is -2.15. The average Bonchev–Trinajstić information content (AvgIpc) is 2.70. The van der Waals surface area contributed by atoms with Crippen LogP contribution in [-0.4, -0.2) is 50.6 Å². The zero-order chi connectivity index (χ0) is 13.3. The number of rotatable bonds is 2. The summed E-state index contributed by atoms with van der Waals surface area (Å²) in [5.41, 5.74) is 5.34. The molecule has 0 aliphatic carbocycles. The summed E-state index contributed by atoms with van der Waals surface area (Å²) in [6, 6.07) is 0.424. The maximum Gasteiger partial charge on any atom is 0.256 e. The third-order valence-electron chi connectivity index (χ3n) is 2.84. The Bertz CT molecular complexity index is 491. The van der Waals surface area contributed by atoms with Gasteiger partial charge in [0.05, 0.1) is 17.9 Å². The molecule has 1 aromatic rings. The van der Waals surface area contributed by atoms with Gasteiger partial charge in [-0.05, 0) is 6.07 Å². The molecule has 2 amide bonds. The van der Waals surface area contributed by atoms with Gasteiger partial charge in [-0.3, -0.25) is 14.6 Å². The molecule has 1 aromatic heterocycles. The van der Waals surface area contributed by atoms with Crippen LogP contribution < -0.4 is 5.73 Å². The fraction of sp³-hybridized carbons (Fsp3) is 0.364. The second-order valence-corrected chi connectivity index (χ2v) is 4.20. The van der Waals surface area contributed by atoms with Crippen molar-refractivity contribution in [3.8, 4) is 5.75 Å². The number of nitrogens with zero attached hydrogens (tertiary/aromatic N) is 2. The van der Waals surface area contributed by atoms with Crippen molar-refractivity contribution in [2.45, 2.75) is 18.6 Å². The van der Waals surface area contributed by atoms with Crippen LogP contribution in [0.3, 0.4) is 0 Å². The lowest BCUT2D eigenvalue weighted by Gasteiger charge is -2.21. The Labute approximate surface area is 103 Å². The first-order valence-corrected chi connectivity index (χ1v) is 5.41. The van der Waals surface area contributed by atoms with Gasteiger partial charge in [-0.15, -0.1) is 0 Å². The van der Waals surface area contributed by atoms with E-state index in [4.69, 9.17) is 5.73 Å². The zero-order valence-electron chi connectivity index (χ0n) is 9.48. The van der Waals surface area contributed by atoms with Crippen LogP contribution in [0.5, 0.6) is 5.75 Å². The normalized spacial score (nSPS) is 23.1. The predicted octanol–water partition coefficient (Wildman–Crippen LogP) is -1.15. The van der Waals surface area contributed by atoms with Gasteiger partial charge in [0.15, 0.2) is 0 Å². The van der Waals surface area contributed by atoms with Gasteiger partial charge in [0, 0.05) is 19.2 Å². The van der Waals surface area contributed by atoms with Gasteiger partial charge in [0.2, 0.25) is 5.91 Å². The van der Waals surface area contributed by atoms with Gasteiger partial charge < -0.3 is 20.8 Å². The smallest absolute Gasteiger partial charge is 0.256 e. The highest BCUT2D eigenvalue weighted by atomic mass is 16.3. The van der Waals surface area contributed by atoms with Crippen LogP contribution in [0.4, 0.5) is 0 Å². The average molecular weight is 251 g/mol. The van der Waals surface area contributed by atoms with E-state index in [9.17, 15) is 19.8 Å². The molecule has 96 valence electrons. The first-order valence-electron chi connectivity index (χ1n) is 5.41. The van der Waals surface area contributed by atoms with E-state index < -0.39 is 24.0 Å². The van der Waals surface area contributed by atoms with Crippen molar-refractivity contribution in [1.82, 2.24) is 9.88 Å². The molecular formula is C11H13N3O4. The molecule has 2 unspecified atom stereocenters. The number of aromatic nitrogens is 1. The molecule has 1 aliphatic rings. The van der Waals surface area contributed by atoms with Crippen molar-refractivity contribution in [1.29, 1.82) is 0 Å². The monoisotopic (exact) mass is 251 g/mol. The van der Waals surface area contributed by atoms with Crippen LogP contribution in [0, 0.1) is 0 Å². The molecule has 2 atom stereocenters. The summed E-state index contributed by atoms with van der Waals surface area (Å²) in [6.07, 6.45) is 1.84. The Balaban J connectivity index is 2.25. The number of amides is 2. The van der Waals surface area contributed by atoms with E-state index in [0.29, 0.717) is 0 Å². The second-order valence-electron chi connectivity index (χ2n) is 4.20. The molecular weight excluding hydrogens is 238 g/mol. The van der Waals surface area contributed by atoms with Crippen molar-refractivity contribution >= 4 is 11.8 Å². The molecule has 0 aromatic carbocycles. The first-order chi connectivity index (χ1) is 8.49. The lowest BCUT2D eigenvalue weighted by atomic mass is 10.2. The Kier molecular flexibility index (Phi) is 3.15. The van der Waals surface area contributed by atoms with Crippen molar-refractivity contribution in [2.24, 2.45) is 5.73 Å². The minimum atomic E-state index is -0.824. The van der Waals surface area contributed by atoms with Crippen molar-refractivity contribution < 1.29 is 19.8 Å². The quantitative estimate of drug-likeness (QED) is 0.613. The SMILES string of the molecule is NC(=O)C1CC(O)CN1C(=O)c1cncc(O)c1. The van der Waals surface area contributed by atoms with Crippen LogP contribution >= 0.6 is 0 Å². The van der Waals surface area contributed by atoms with Crippen LogP contribution in [0.1, 0.15) is 16.8 Å². The summed E-state index contributed by atoms with van der Waals surface area (Å²) >= 11 is 0. The molecule has 1 fully saturated rings. The van der Waals surface area contributed by atoms with E-state index in [1.165, 1.54) is 23.4 Å². The summed E-state index contributed by atoms with van der Waals surface area (Å²) in [5.74, 6) is -1.29. The summed E-state index contributed by atoms with van der Waals surface area (Å²) in [5, 5.41) is 18.8. The molecule has 7 heteroatoms. The van der Waals surface area contributed by atoms with Gasteiger partial charge in [-0.2, -0.15) is 0 Å². The number of carbonyl (C=O) groups excluding carboxylic acids is 2. The minimum absolute atomic E-state index is 0.0437. The molecule has 0 saturated carbocycles. The number of hydrogen-bond donors (Lipinski definition) is 3. The number of β-amino-alcohol motifs (C(OH)–C–C–N with tert-alkyl or cyclic N) is 1. The third kappa shape index (κ3) is 2.25. The Morgan fingerprint density at radius 2 is 2.17 bits per heavy atom. The topological polar surface area (TPSA) is 117 Å². The van der Waals surface area contributed by atoms with Crippen LogP contribution in [0.15, 0.2) is 18.5 Å². The molecule has 0 radical (unpaired) electrons. The van der Waals surface area contributed by atoms with Gasteiger partial charge in [0.1, 0.15) is 11.8 Å². The van der Waals surface area contributed by atoms with E-state index in [1.807, 2.05) is 0 Å². The van der Waals surface area contributed by atoms with E-state index in [0.717, 1.165) is 0 Å². The largest absolute Gasteiger partial charge is 0.506 e.